The number of benzene rings is 1. The van der Waals surface area contributed by atoms with Crippen molar-refractivity contribution in [3.05, 3.63) is 52.0 Å². The molecule has 1 aromatic carbocycles. The van der Waals surface area contributed by atoms with Crippen LogP contribution in [0.5, 0.6) is 0 Å². The molecule has 0 aliphatic carbocycles. The lowest BCUT2D eigenvalue weighted by Crippen LogP contribution is -2.00. The SMILES string of the molecule is O=C(O)c1cc(F)ccc1-c1cc(Cl)nc(Cl)c1. The van der Waals surface area contributed by atoms with Crippen molar-refractivity contribution >= 4 is 29.2 Å². The fourth-order valence-electron chi connectivity index (χ4n) is 1.57. The Kier molecular flexibility index (Phi) is 3.50. The second-order valence-electron chi connectivity index (χ2n) is 3.50. The highest BCUT2D eigenvalue weighted by molar-refractivity contribution is 6.32. The van der Waals surface area contributed by atoms with Gasteiger partial charge in [0.25, 0.3) is 0 Å². The molecule has 0 aliphatic heterocycles. The molecule has 6 heteroatoms. The molecule has 1 N–H and O–H groups in total. The monoisotopic (exact) mass is 285 g/mol. The van der Waals surface area contributed by atoms with E-state index in [9.17, 15) is 9.18 Å². The summed E-state index contributed by atoms with van der Waals surface area (Å²) in [6.45, 7) is 0. The summed E-state index contributed by atoms with van der Waals surface area (Å²) in [6, 6.07) is 6.41. The van der Waals surface area contributed by atoms with Gasteiger partial charge in [-0.05, 0) is 35.4 Å². The Morgan fingerprint density at radius 1 is 1.17 bits per heavy atom. The third-order valence-electron chi connectivity index (χ3n) is 2.29. The minimum Gasteiger partial charge on any atom is -0.478 e. The maximum atomic E-state index is 13.1. The lowest BCUT2D eigenvalue weighted by molar-refractivity contribution is 0.0697. The predicted molar refractivity (Wildman–Crippen MR) is 66.6 cm³/mol. The number of carbonyl (C=O) groups is 1. The van der Waals surface area contributed by atoms with Crippen LogP contribution in [0, 0.1) is 5.82 Å². The van der Waals surface area contributed by atoms with Crippen LogP contribution in [-0.4, -0.2) is 16.1 Å². The van der Waals surface area contributed by atoms with E-state index in [0.29, 0.717) is 11.1 Å². The second-order valence-corrected chi connectivity index (χ2v) is 4.27. The number of carboxylic acid groups (broad SMARTS) is 1. The molecule has 0 spiro atoms. The Bertz CT molecular complexity index is 611. The first kappa shape index (κ1) is 12.8. The maximum Gasteiger partial charge on any atom is 0.336 e. The molecule has 0 radical (unpaired) electrons. The van der Waals surface area contributed by atoms with E-state index in [4.69, 9.17) is 28.3 Å². The first-order valence-corrected chi connectivity index (χ1v) is 5.59. The Labute approximate surface area is 112 Å². The van der Waals surface area contributed by atoms with Crippen molar-refractivity contribution in [2.45, 2.75) is 0 Å². The molecule has 0 saturated carbocycles. The summed E-state index contributed by atoms with van der Waals surface area (Å²) in [7, 11) is 0. The molecule has 0 amide bonds. The van der Waals surface area contributed by atoms with Gasteiger partial charge in [-0.1, -0.05) is 29.3 Å². The summed E-state index contributed by atoms with van der Waals surface area (Å²) in [4.78, 5) is 14.8. The van der Waals surface area contributed by atoms with Gasteiger partial charge in [0.05, 0.1) is 5.56 Å². The van der Waals surface area contributed by atoms with Crippen molar-refractivity contribution in [3.8, 4) is 11.1 Å². The lowest BCUT2D eigenvalue weighted by atomic mass is 10.0. The zero-order valence-corrected chi connectivity index (χ0v) is 10.3. The van der Waals surface area contributed by atoms with Gasteiger partial charge in [0.1, 0.15) is 16.1 Å². The van der Waals surface area contributed by atoms with Crippen LogP contribution in [0.15, 0.2) is 30.3 Å². The number of aromatic nitrogens is 1. The highest BCUT2D eigenvalue weighted by Gasteiger charge is 2.14. The Morgan fingerprint density at radius 3 is 2.33 bits per heavy atom. The van der Waals surface area contributed by atoms with E-state index in [0.717, 1.165) is 6.07 Å². The molecule has 0 fully saturated rings. The largest absolute Gasteiger partial charge is 0.478 e. The van der Waals surface area contributed by atoms with E-state index in [2.05, 4.69) is 4.98 Å². The number of pyridine rings is 1. The number of rotatable bonds is 2. The van der Waals surface area contributed by atoms with Crippen molar-refractivity contribution in [3.63, 3.8) is 0 Å². The fourth-order valence-corrected chi connectivity index (χ4v) is 2.03. The number of aromatic carboxylic acids is 1. The molecule has 0 unspecified atom stereocenters. The fraction of sp³-hybridized carbons (Fsp3) is 0. The lowest BCUT2D eigenvalue weighted by Gasteiger charge is -2.07. The van der Waals surface area contributed by atoms with Crippen LogP contribution in [0.4, 0.5) is 4.39 Å². The molecule has 1 heterocycles. The minimum atomic E-state index is -1.23. The summed E-state index contributed by atoms with van der Waals surface area (Å²) >= 11 is 11.5. The normalized spacial score (nSPS) is 10.4. The van der Waals surface area contributed by atoms with Gasteiger partial charge in [0.15, 0.2) is 0 Å². The highest BCUT2D eigenvalue weighted by atomic mass is 35.5. The molecule has 3 nitrogen and oxygen atoms in total. The first-order valence-electron chi connectivity index (χ1n) is 4.83. The van der Waals surface area contributed by atoms with Crippen molar-refractivity contribution in [1.29, 1.82) is 0 Å². The van der Waals surface area contributed by atoms with Gasteiger partial charge in [0.2, 0.25) is 0 Å². The van der Waals surface area contributed by atoms with Crippen LogP contribution >= 0.6 is 23.2 Å². The van der Waals surface area contributed by atoms with Crippen LogP contribution in [0.25, 0.3) is 11.1 Å². The number of halogens is 3. The number of hydrogen-bond acceptors (Lipinski definition) is 2. The van der Waals surface area contributed by atoms with Crippen LogP contribution in [0.1, 0.15) is 10.4 Å². The predicted octanol–water partition coefficient (Wildman–Crippen LogP) is 3.89. The van der Waals surface area contributed by atoms with Crippen LogP contribution in [0.3, 0.4) is 0 Å². The van der Waals surface area contributed by atoms with Gasteiger partial charge < -0.3 is 5.11 Å². The smallest absolute Gasteiger partial charge is 0.336 e. The zero-order valence-electron chi connectivity index (χ0n) is 8.82. The summed E-state index contributed by atoms with van der Waals surface area (Å²) in [5.41, 5.74) is 0.640. The molecule has 1 aromatic heterocycles. The molecule has 2 rings (SSSR count). The summed E-state index contributed by atoms with van der Waals surface area (Å²) in [5.74, 6) is -1.85. The van der Waals surface area contributed by atoms with E-state index >= 15 is 0 Å². The summed E-state index contributed by atoms with van der Waals surface area (Å²) in [5, 5.41) is 9.32. The molecular formula is C12H6Cl2FNO2. The number of nitrogens with zero attached hydrogens (tertiary/aromatic N) is 1. The molecule has 0 bridgehead atoms. The molecule has 0 saturated heterocycles. The number of hydrogen-bond donors (Lipinski definition) is 1. The van der Waals surface area contributed by atoms with Crippen molar-refractivity contribution < 1.29 is 14.3 Å². The third-order valence-corrected chi connectivity index (χ3v) is 2.67. The standard InChI is InChI=1S/C12H6Cl2FNO2/c13-10-3-6(4-11(14)16-10)8-2-1-7(15)5-9(8)12(17)18/h1-5H,(H,17,18). The third kappa shape index (κ3) is 2.60. The second kappa shape index (κ2) is 4.92. The van der Waals surface area contributed by atoms with Gasteiger partial charge in [-0.25, -0.2) is 14.2 Å². The van der Waals surface area contributed by atoms with E-state index in [1.807, 2.05) is 0 Å². The topological polar surface area (TPSA) is 50.2 Å². The Hall–Kier alpha value is -1.65. The average molecular weight is 286 g/mol. The number of carboxylic acids is 1. The van der Waals surface area contributed by atoms with E-state index in [1.54, 1.807) is 0 Å². The highest BCUT2D eigenvalue weighted by Crippen LogP contribution is 2.28. The molecule has 2 aromatic rings. The van der Waals surface area contributed by atoms with Gasteiger partial charge >= 0.3 is 5.97 Å². The summed E-state index contributed by atoms with van der Waals surface area (Å²) in [6.07, 6.45) is 0. The van der Waals surface area contributed by atoms with Gasteiger partial charge in [0, 0.05) is 0 Å². The quantitative estimate of drug-likeness (QED) is 0.852. The minimum absolute atomic E-state index is 0.137. The molecule has 0 atom stereocenters. The van der Waals surface area contributed by atoms with E-state index in [1.165, 1.54) is 24.3 Å². The van der Waals surface area contributed by atoms with E-state index in [-0.39, 0.29) is 15.9 Å². The molecule has 92 valence electrons. The molecular weight excluding hydrogens is 280 g/mol. The first-order chi connectivity index (χ1) is 8.47. The molecule has 18 heavy (non-hydrogen) atoms. The van der Waals surface area contributed by atoms with E-state index < -0.39 is 11.8 Å². The van der Waals surface area contributed by atoms with Crippen LogP contribution < -0.4 is 0 Å². The van der Waals surface area contributed by atoms with Crippen LogP contribution in [0.2, 0.25) is 10.3 Å². The van der Waals surface area contributed by atoms with Gasteiger partial charge in [-0.3, -0.25) is 0 Å². The zero-order chi connectivity index (χ0) is 13.3. The van der Waals surface area contributed by atoms with Crippen molar-refractivity contribution in [2.75, 3.05) is 0 Å². The summed E-state index contributed by atoms with van der Waals surface area (Å²) < 4.78 is 13.1. The Morgan fingerprint density at radius 2 is 1.78 bits per heavy atom. The average Bonchev–Trinajstić information content (AvgIpc) is 2.27. The Balaban J connectivity index is 2.66. The van der Waals surface area contributed by atoms with Crippen molar-refractivity contribution in [1.82, 2.24) is 4.98 Å². The van der Waals surface area contributed by atoms with Crippen molar-refractivity contribution in [2.24, 2.45) is 0 Å². The molecule has 0 aliphatic rings. The van der Waals surface area contributed by atoms with Gasteiger partial charge in [-0.15, -0.1) is 0 Å². The van der Waals surface area contributed by atoms with Gasteiger partial charge in [-0.2, -0.15) is 0 Å². The maximum absolute atomic E-state index is 13.1. The van der Waals surface area contributed by atoms with Crippen LogP contribution in [-0.2, 0) is 0 Å².